The van der Waals surface area contributed by atoms with Gasteiger partial charge < -0.3 is 16.6 Å². The lowest BCUT2D eigenvalue weighted by Crippen LogP contribution is -2.56. The molecule has 0 aromatic heterocycles. The van der Waals surface area contributed by atoms with Gasteiger partial charge in [0.15, 0.2) is 0 Å². The van der Waals surface area contributed by atoms with Crippen molar-refractivity contribution in [3.05, 3.63) is 0 Å². The highest BCUT2D eigenvalue weighted by atomic mass is 16.3. The van der Waals surface area contributed by atoms with E-state index in [0.717, 1.165) is 32.1 Å². The van der Waals surface area contributed by atoms with E-state index in [0.29, 0.717) is 5.92 Å². The molecule has 5 N–H and O–H groups in total. The third-order valence-electron chi connectivity index (χ3n) is 5.00. The van der Waals surface area contributed by atoms with Crippen molar-refractivity contribution in [2.45, 2.75) is 77.4 Å². The lowest BCUT2D eigenvalue weighted by Gasteiger charge is -2.45. The number of unbranched alkanes of at least 4 members (excludes halogenated alkanes) is 1. The molecule has 0 aromatic carbocycles. The number of hydrogen-bond acceptors (Lipinski definition) is 3. The van der Waals surface area contributed by atoms with Gasteiger partial charge in [0.25, 0.3) is 0 Å². The molecule has 0 aliphatic heterocycles. The van der Waals surface area contributed by atoms with Crippen molar-refractivity contribution in [3.8, 4) is 0 Å². The van der Waals surface area contributed by atoms with Gasteiger partial charge in [-0.2, -0.15) is 0 Å². The van der Waals surface area contributed by atoms with Gasteiger partial charge in [-0.1, -0.05) is 46.0 Å². The minimum absolute atomic E-state index is 0.190. The number of carbonyl (C=O) groups is 1. The van der Waals surface area contributed by atoms with E-state index in [1.54, 1.807) is 0 Å². The summed E-state index contributed by atoms with van der Waals surface area (Å²) in [5.74, 6) is -0.206. The van der Waals surface area contributed by atoms with E-state index in [9.17, 15) is 9.90 Å². The van der Waals surface area contributed by atoms with E-state index in [1.807, 2.05) is 0 Å². The van der Waals surface area contributed by atoms with Crippen LogP contribution < -0.4 is 11.5 Å². The molecule has 1 rings (SSSR count). The fraction of sp³-hybridized carbons (Fsp3) is 0.933. The molecule has 0 aromatic rings. The Kier molecular flexibility index (Phi) is 6.27. The lowest BCUT2D eigenvalue weighted by molar-refractivity contribution is -0.129. The summed E-state index contributed by atoms with van der Waals surface area (Å²) in [6.45, 7) is 4.28. The Labute approximate surface area is 116 Å². The first kappa shape index (κ1) is 16.4. The van der Waals surface area contributed by atoms with Crippen LogP contribution in [0.4, 0.5) is 0 Å². The van der Waals surface area contributed by atoms with E-state index in [1.165, 1.54) is 19.3 Å². The molecule has 1 saturated carbocycles. The Bertz CT molecular complexity index is 290. The summed E-state index contributed by atoms with van der Waals surface area (Å²) < 4.78 is 0. The first-order valence-electron chi connectivity index (χ1n) is 7.66. The van der Waals surface area contributed by atoms with Crippen LogP contribution in [0.3, 0.4) is 0 Å². The number of aliphatic hydroxyl groups excluding tert-OH is 1. The van der Waals surface area contributed by atoms with Gasteiger partial charge >= 0.3 is 0 Å². The summed E-state index contributed by atoms with van der Waals surface area (Å²) in [5.41, 5.74) is 11.3. The largest absolute Gasteiger partial charge is 0.382 e. The average Bonchev–Trinajstić information content (AvgIpc) is 2.43. The van der Waals surface area contributed by atoms with E-state index in [-0.39, 0.29) is 5.41 Å². The summed E-state index contributed by atoms with van der Waals surface area (Å²) >= 11 is 0. The first-order valence-corrected chi connectivity index (χ1v) is 7.66. The molecule has 0 radical (unpaired) electrons. The standard InChI is InChI=1S/C15H30N2O2/c1-3-4-10-15(2,11-8-6-5-7-9-11)13(16)12(18)14(17)19/h11-13,18H,3-10,16H2,1-2H3,(H2,17,19). The maximum absolute atomic E-state index is 11.2. The van der Waals surface area contributed by atoms with Crippen LogP contribution >= 0.6 is 0 Å². The molecule has 3 atom stereocenters. The normalized spacial score (nSPS) is 23.6. The highest BCUT2D eigenvalue weighted by Crippen LogP contribution is 2.44. The number of carbonyl (C=O) groups excluding carboxylic acids is 1. The number of hydrogen-bond donors (Lipinski definition) is 3. The smallest absolute Gasteiger partial charge is 0.247 e. The van der Waals surface area contributed by atoms with Crippen LogP contribution in [0.15, 0.2) is 0 Å². The number of aliphatic hydroxyl groups is 1. The SMILES string of the molecule is CCCCC(C)(C1CCCCC1)C(N)C(O)C(N)=O. The van der Waals surface area contributed by atoms with Gasteiger partial charge in [0.05, 0.1) is 0 Å². The van der Waals surface area contributed by atoms with Crippen LogP contribution in [-0.4, -0.2) is 23.2 Å². The zero-order valence-electron chi connectivity index (χ0n) is 12.4. The predicted octanol–water partition coefficient (Wildman–Crippen LogP) is 1.94. The molecule has 1 aliphatic carbocycles. The van der Waals surface area contributed by atoms with Crippen LogP contribution in [-0.2, 0) is 4.79 Å². The third kappa shape index (κ3) is 3.93. The first-order chi connectivity index (χ1) is 8.93. The van der Waals surface area contributed by atoms with Crippen molar-refractivity contribution >= 4 is 5.91 Å². The third-order valence-corrected chi connectivity index (χ3v) is 5.00. The molecule has 19 heavy (non-hydrogen) atoms. The Morgan fingerprint density at radius 1 is 1.37 bits per heavy atom. The lowest BCUT2D eigenvalue weighted by atomic mass is 9.62. The predicted molar refractivity (Wildman–Crippen MR) is 77.4 cm³/mol. The van der Waals surface area contributed by atoms with Crippen LogP contribution in [0.1, 0.15) is 65.2 Å². The molecule has 4 heteroatoms. The molecule has 112 valence electrons. The quantitative estimate of drug-likeness (QED) is 0.660. The molecule has 1 fully saturated rings. The second-order valence-corrected chi connectivity index (χ2v) is 6.32. The molecular formula is C15H30N2O2. The van der Waals surface area contributed by atoms with Crippen LogP contribution in [0.2, 0.25) is 0 Å². The zero-order chi connectivity index (χ0) is 14.5. The maximum Gasteiger partial charge on any atom is 0.247 e. The van der Waals surface area contributed by atoms with Gasteiger partial charge in [-0.25, -0.2) is 0 Å². The monoisotopic (exact) mass is 270 g/mol. The van der Waals surface area contributed by atoms with Crippen molar-refractivity contribution in [2.24, 2.45) is 22.8 Å². The van der Waals surface area contributed by atoms with E-state index >= 15 is 0 Å². The van der Waals surface area contributed by atoms with E-state index in [2.05, 4.69) is 13.8 Å². The van der Waals surface area contributed by atoms with Crippen LogP contribution in [0.5, 0.6) is 0 Å². The van der Waals surface area contributed by atoms with Gasteiger partial charge in [0.2, 0.25) is 5.91 Å². The van der Waals surface area contributed by atoms with Crippen molar-refractivity contribution in [1.82, 2.24) is 0 Å². The zero-order valence-corrected chi connectivity index (χ0v) is 12.4. The Morgan fingerprint density at radius 2 is 1.95 bits per heavy atom. The van der Waals surface area contributed by atoms with Crippen molar-refractivity contribution < 1.29 is 9.90 Å². The number of nitrogens with two attached hydrogens (primary N) is 2. The second-order valence-electron chi connectivity index (χ2n) is 6.32. The highest BCUT2D eigenvalue weighted by Gasteiger charge is 2.43. The number of amides is 1. The summed E-state index contributed by atoms with van der Waals surface area (Å²) in [4.78, 5) is 11.2. The topological polar surface area (TPSA) is 89.3 Å². The summed E-state index contributed by atoms with van der Waals surface area (Å²) in [5, 5.41) is 9.96. The second kappa shape index (κ2) is 7.25. The molecule has 0 saturated heterocycles. The number of primary amides is 1. The van der Waals surface area contributed by atoms with Gasteiger partial charge in [-0.15, -0.1) is 0 Å². The highest BCUT2D eigenvalue weighted by molar-refractivity contribution is 5.79. The van der Waals surface area contributed by atoms with Crippen LogP contribution in [0, 0.1) is 11.3 Å². The summed E-state index contributed by atoms with van der Waals surface area (Å²) in [6, 6.07) is -0.556. The molecule has 0 bridgehead atoms. The minimum Gasteiger partial charge on any atom is -0.382 e. The van der Waals surface area contributed by atoms with Crippen molar-refractivity contribution in [3.63, 3.8) is 0 Å². The molecule has 0 spiro atoms. The number of rotatable bonds is 7. The van der Waals surface area contributed by atoms with Gasteiger partial charge in [0, 0.05) is 6.04 Å². The Balaban J connectivity index is 2.86. The van der Waals surface area contributed by atoms with Crippen molar-refractivity contribution in [1.29, 1.82) is 0 Å². The molecule has 1 amide bonds. The van der Waals surface area contributed by atoms with Crippen LogP contribution in [0.25, 0.3) is 0 Å². The fourth-order valence-corrected chi connectivity index (χ4v) is 3.50. The molecule has 3 unspecified atom stereocenters. The Morgan fingerprint density at radius 3 is 2.42 bits per heavy atom. The molecule has 1 aliphatic rings. The fourth-order valence-electron chi connectivity index (χ4n) is 3.50. The van der Waals surface area contributed by atoms with Gasteiger partial charge in [0.1, 0.15) is 6.10 Å². The summed E-state index contributed by atoms with van der Waals surface area (Å²) in [6.07, 6.45) is 7.95. The van der Waals surface area contributed by atoms with Gasteiger partial charge in [-0.05, 0) is 30.6 Å². The minimum atomic E-state index is -1.23. The van der Waals surface area contributed by atoms with Gasteiger partial charge in [-0.3, -0.25) is 4.79 Å². The Hall–Kier alpha value is -0.610. The molecule has 0 heterocycles. The summed E-state index contributed by atoms with van der Waals surface area (Å²) in [7, 11) is 0. The molecular weight excluding hydrogens is 240 g/mol. The average molecular weight is 270 g/mol. The van der Waals surface area contributed by atoms with E-state index < -0.39 is 18.1 Å². The van der Waals surface area contributed by atoms with E-state index in [4.69, 9.17) is 11.5 Å². The van der Waals surface area contributed by atoms with Crippen molar-refractivity contribution in [2.75, 3.05) is 0 Å². The maximum atomic E-state index is 11.2. The molecule has 4 nitrogen and oxygen atoms in total.